The first kappa shape index (κ1) is 45.8. The zero-order valence-corrected chi connectivity index (χ0v) is 41.3. The molecule has 4 N–H and O–H groups in total. The number of carbonyl (C=O) groups is 1. The fourth-order valence-electron chi connectivity index (χ4n) is 13.7. The summed E-state index contributed by atoms with van der Waals surface area (Å²) in [6.07, 6.45) is 9.32. The van der Waals surface area contributed by atoms with Crippen molar-refractivity contribution in [1.82, 2.24) is 19.8 Å². The number of fused-ring (bicyclic) bond motifs is 6. The lowest BCUT2D eigenvalue weighted by Crippen LogP contribution is -2.55. The molecule has 5 saturated heterocycles. The average Bonchev–Trinajstić information content (AvgIpc) is 4.20. The van der Waals surface area contributed by atoms with Crippen molar-refractivity contribution in [2.75, 3.05) is 80.8 Å². The Labute approximate surface area is 418 Å². The molecule has 9 heterocycles. The number of ether oxygens (including phenoxy) is 4. The van der Waals surface area contributed by atoms with Crippen molar-refractivity contribution in [3.63, 3.8) is 0 Å². The molecule has 6 fully saturated rings. The third-order valence-corrected chi connectivity index (χ3v) is 19.2. The van der Waals surface area contributed by atoms with Gasteiger partial charge in [-0.1, -0.05) is 24.3 Å². The van der Waals surface area contributed by atoms with Gasteiger partial charge < -0.3 is 44.8 Å². The number of carbonyl (C=O) groups excluding carboxylic acids is 1. The second-order valence-corrected chi connectivity index (χ2v) is 23.5. The van der Waals surface area contributed by atoms with Gasteiger partial charge in [-0.05, 0) is 106 Å². The zero-order chi connectivity index (χ0) is 49.0. The van der Waals surface area contributed by atoms with Gasteiger partial charge in [-0.2, -0.15) is 4.98 Å². The van der Waals surface area contributed by atoms with E-state index in [0.29, 0.717) is 75.0 Å². The molecule has 0 radical (unpaired) electrons. The molecule has 378 valence electrons. The van der Waals surface area contributed by atoms with Gasteiger partial charge in [0.05, 0.1) is 52.1 Å². The number of nitro groups is 1. The highest BCUT2D eigenvalue weighted by molar-refractivity contribution is 7.91. The number of aryl methyl sites for hydroxylation is 1. The van der Waals surface area contributed by atoms with E-state index in [1.807, 2.05) is 17.0 Å². The molecule has 6 atom stereocenters. The molecule has 1 aliphatic carbocycles. The van der Waals surface area contributed by atoms with Gasteiger partial charge in [0.1, 0.15) is 28.9 Å². The average molecular weight is 1000 g/mol. The van der Waals surface area contributed by atoms with Crippen LogP contribution in [0.2, 0.25) is 0 Å². The van der Waals surface area contributed by atoms with Crippen molar-refractivity contribution in [1.29, 1.82) is 0 Å². The topological polar surface area (TPSA) is 211 Å². The Morgan fingerprint density at radius 2 is 1.83 bits per heavy atom. The molecular formula is C53H61N9O9S. The summed E-state index contributed by atoms with van der Waals surface area (Å²) in [5.74, 6) is -0.661. The molecule has 7 aliphatic heterocycles. The molecule has 72 heavy (non-hydrogen) atoms. The zero-order valence-electron chi connectivity index (χ0n) is 40.5. The fourth-order valence-corrected chi connectivity index (χ4v) is 15.4. The minimum Gasteiger partial charge on any atom is -0.489 e. The first-order valence-electron chi connectivity index (χ1n) is 25.8. The molecule has 1 spiro atoms. The van der Waals surface area contributed by atoms with Crippen molar-refractivity contribution >= 4 is 55.2 Å². The second kappa shape index (κ2) is 17.6. The molecular weight excluding hydrogens is 939 g/mol. The smallest absolute Gasteiger partial charge is 0.297 e. The standard InChI is InChI=1S/C53H61N9O9S/c1-31-5-2-3-6-39(31)41-7-4-15-60(41)36-23-53(24-36)12-16-58(17-13-53)42-9-8-40(50(54)63)48(61-25-33-11-18-68-30-46(33)71-52-44(61)19-32-10-14-55-51(32)57-52)49(42)72(66,67)38-21-43(62(64)65)47-45(22-38)70-28-34(56-47)26-59-27-37-20-35(59)29-69-37/h2-3,5-6,8-10,14,19,21-22,33-37,41,46,56H,4,7,11-13,15-18,20,23-30H2,1H3,(H2,54,63)(H,55,57)/t33-,34+,35-,37-,41-,46-/m0/s1. The SMILES string of the molecule is Cc1ccccc1[C@@H]1CCCN1C1CC2(CCN(c3ccc(C(N)=O)c(N4C[C@@H]5CCOC[C@@H]5Oc5nc6[nH]ccc6cc54)c3S(=O)(=O)c3cc4c(c([N+](=O)[O-])c3)N[C@H](CN3C[C@@H]5C[C@H]3CO5)CO4)CC2)C1. The molecule has 19 heteroatoms. The predicted molar refractivity (Wildman–Crippen MR) is 269 cm³/mol. The van der Waals surface area contributed by atoms with E-state index < -0.39 is 32.5 Å². The number of nitrogens with one attached hydrogen (secondary N) is 2. The van der Waals surface area contributed by atoms with Crippen LogP contribution in [0.15, 0.2) is 76.7 Å². The molecule has 1 saturated carbocycles. The number of hydrogen-bond acceptors (Lipinski definition) is 15. The number of nitro benzene ring substituents is 1. The van der Waals surface area contributed by atoms with E-state index in [1.54, 1.807) is 18.3 Å². The summed E-state index contributed by atoms with van der Waals surface area (Å²) in [6, 6.07) is 19.3. The third kappa shape index (κ3) is 7.76. The van der Waals surface area contributed by atoms with Crippen LogP contribution in [0.4, 0.5) is 28.4 Å². The van der Waals surface area contributed by atoms with E-state index in [2.05, 4.69) is 56.2 Å². The van der Waals surface area contributed by atoms with E-state index >= 15 is 8.42 Å². The Bertz CT molecular complexity index is 3100. The van der Waals surface area contributed by atoms with Crippen molar-refractivity contribution in [3.8, 4) is 11.6 Å². The molecule has 0 unspecified atom stereocenters. The number of primary amides is 1. The van der Waals surface area contributed by atoms with Gasteiger partial charge in [-0.3, -0.25) is 24.7 Å². The maximum Gasteiger partial charge on any atom is 0.297 e. The number of rotatable bonds is 10. The Morgan fingerprint density at radius 3 is 2.61 bits per heavy atom. The normalized spacial score (nSPS) is 27.1. The number of hydrogen-bond donors (Lipinski definition) is 3. The number of aromatic amines is 1. The molecule has 18 nitrogen and oxygen atoms in total. The molecule has 2 aromatic heterocycles. The minimum atomic E-state index is -4.76. The highest BCUT2D eigenvalue weighted by Crippen LogP contribution is 2.56. The molecule has 1 amide bonds. The number of morpholine rings is 1. The second-order valence-electron chi connectivity index (χ2n) is 21.6. The number of anilines is 4. The van der Waals surface area contributed by atoms with Crippen LogP contribution < -0.4 is 30.3 Å². The number of amides is 1. The van der Waals surface area contributed by atoms with Gasteiger partial charge in [-0.15, -0.1) is 0 Å². The first-order chi connectivity index (χ1) is 34.9. The van der Waals surface area contributed by atoms with E-state index in [9.17, 15) is 14.9 Å². The number of aromatic nitrogens is 2. The number of H-pyrrole nitrogens is 1. The number of benzene rings is 3. The van der Waals surface area contributed by atoms with Crippen molar-refractivity contribution < 1.29 is 37.1 Å². The summed E-state index contributed by atoms with van der Waals surface area (Å²) < 4.78 is 57.0. The van der Waals surface area contributed by atoms with Crippen LogP contribution in [-0.2, 0) is 19.3 Å². The van der Waals surface area contributed by atoms with E-state index in [4.69, 9.17) is 29.7 Å². The van der Waals surface area contributed by atoms with Crippen molar-refractivity contribution in [2.45, 2.75) is 104 Å². The maximum atomic E-state index is 16.2. The molecule has 5 aromatic rings. The Hall–Kier alpha value is -5.99. The lowest BCUT2D eigenvalue weighted by Gasteiger charge is -2.56. The summed E-state index contributed by atoms with van der Waals surface area (Å²) in [4.78, 5) is 43.1. The number of pyridine rings is 1. The van der Waals surface area contributed by atoms with Crippen molar-refractivity contribution in [2.24, 2.45) is 17.1 Å². The highest BCUT2D eigenvalue weighted by Gasteiger charge is 2.51. The van der Waals surface area contributed by atoms with E-state index in [0.717, 1.165) is 63.1 Å². The third-order valence-electron chi connectivity index (χ3n) is 17.4. The van der Waals surface area contributed by atoms with Gasteiger partial charge >= 0.3 is 0 Å². The number of likely N-dealkylation sites (tertiary alicyclic amines) is 2. The minimum absolute atomic E-state index is 0.0127. The first-order valence-corrected chi connectivity index (χ1v) is 27.2. The maximum absolute atomic E-state index is 16.2. The largest absolute Gasteiger partial charge is 0.489 e. The van der Waals surface area contributed by atoms with Gasteiger partial charge in [0.15, 0.2) is 11.4 Å². The van der Waals surface area contributed by atoms with Crippen molar-refractivity contribution in [3.05, 3.63) is 93.7 Å². The monoisotopic (exact) mass is 999 g/mol. The van der Waals surface area contributed by atoms with Gasteiger partial charge in [-0.25, -0.2) is 8.42 Å². The lowest BCUT2D eigenvalue weighted by atomic mass is 9.59. The summed E-state index contributed by atoms with van der Waals surface area (Å²) in [5.41, 5.74) is 10.4. The number of nitrogens with zero attached hydrogens (tertiary/aromatic N) is 6. The lowest BCUT2D eigenvalue weighted by molar-refractivity contribution is -0.384. The van der Waals surface area contributed by atoms with Crippen LogP contribution in [0.3, 0.4) is 0 Å². The quantitative estimate of drug-likeness (QED) is 0.0962. The van der Waals surface area contributed by atoms with Gasteiger partial charge in [0, 0.05) is 87.1 Å². The summed E-state index contributed by atoms with van der Waals surface area (Å²) >= 11 is 0. The number of piperidine rings is 1. The summed E-state index contributed by atoms with van der Waals surface area (Å²) in [7, 11) is -4.76. The fraction of sp³-hybridized carbons (Fsp3) is 0.509. The molecule has 3 aromatic carbocycles. The van der Waals surface area contributed by atoms with Crippen LogP contribution in [0.5, 0.6) is 11.6 Å². The molecule has 8 aliphatic rings. The Kier molecular flexibility index (Phi) is 11.2. The van der Waals surface area contributed by atoms with Gasteiger partial charge in [0.2, 0.25) is 15.7 Å². The number of sulfone groups is 1. The predicted octanol–water partition coefficient (Wildman–Crippen LogP) is 6.88. The van der Waals surface area contributed by atoms with Crippen LogP contribution in [-0.4, -0.2) is 135 Å². The van der Waals surface area contributed by atoms with Crippen LogP contribution in [0.25, 0.3) is 11.0 Å². The van der Waals surface area contributed by atoms with Crippen LogP contribution in [0, 0.1) is 28.4 Å². The van der Waals surface area contributed by atoms with Crippen LogP contribution in [0.1, 0.15) is 78.9 Å². The Morgan fingerprint density at radius 1 is 0.986 bits per heavy atom. The Balaban J connectivity index is 0.896. The molecule has 13 rings (SSSR count). The van der Waals surface area contributed by atoms with Crippen LogP contribution >= 0.6 is 0 Å². The van der Waals surface area contributed by atoms with E-state index in [1.165, 1.54) is 23.6 Å². The number of nitrogens with two attached hydrogens (primary N) is 1. The summed E-state index contributed by atoms with van der Waals surface area (Å²) in [5, 5.41) is 17.2. The van der Waals surface area contributed by atoms with E-state index in [-0.39, 0.29) is 81.0 Å². The summed E-state index contributed by atoms with van der Waals surface area (Å²) in [6.45, 7) is 7.67. The molecule has 2 bridgehead atoms. The van der Waals surface area contributed by atoms with Gasteiger partial charge in [0.25, 0.3) is 11.6 Å². The highest BCUT2D eigenvalue weighted by atomic mass is 32.2.